The molecule has 0 radical (unpaired) electrons. The van der Waals surface area contributed by atoms with E-state index < -0.39 is 39.3 Å². The zero-order valence-corrected chi connectivity index (χ0v) is 30.1. The SMILES string of the molecule is CN(C)c1cccc2c(S(=O)(=O)NCCn3cc(COc4ccc(CC(NC(=O)OC(C)(C)C)C(=O)OC(C)(C)C)cc4)nn3)cccc12. The van der Waals surface area contributed by atoms with Crippen LogP contribution in [0.25, 0.3) is 10.8 Å². The zero-order valence-electron chi connectivity index (χ0n) is 29.3. The molecule has 0 aliphatic heterocycles. The number of sulfonamides is 1. The first-order valence-corrected chi connectivity index (χ1v) is 17.4. The molecule has 2 N–H and O–H groups in total. The van der Waals surface area contributed by atoms with Gasteiger partial charge in [-0.2, -0.15) is 0 Å². The summed E-state index contributed by atoms with van der Waals surface area (Å²) in [5.41, 5.74) is 0.812. The number of fused-ring (bicyclic) bond motifs is 1. The lowest BCUT2D eigenvalue weighted by atomic mass is 10.1. The smallest absolute Gasteiger partial charge is 0.408 e. The fourth-order valence-corrected chi connectivity index (χ4v) is 6.15. The van der Waals surface area contributed by atoms with Gasteiger partial charge in [0.1, 0.15) is 35.3 Å². The molecule has 3 aromatic carbocycles. The summed E-state index contributed by atoms with van der Waals surface area (Å²) in [5, 5.41) is 12.4. The van der Waals surface area contributed by atoms with Gasteiger partial charge in [0, 0.05) is 43.5 Å². The Kier molecular flexibility index (Phi) is 11.6. The third-order valence-corrected chi connectivity index (χ3v) is 8.50. The molecule has 4 aromatic rings. The molecule has 1 heterocycles. The summed E-state index contributed by atoms with van der Waals surface area (Å²) in [5.74, 6) is -0.00535. The topological polar surface area (TPSA) is 154 Å². The molecule has 49 heavy (non-hydrogen) atoms. The number of hydrogen-bond acceptors (Lipinski definition) is 10. The Morgan fingerprint density at radius 1 is 0.898 bits per heavy atom. The predicted octanol–water partition coefficient (Wildman–Crippen LogP) is 4.83. The van der Waals surface area contributed by atoms with E-state index in [2.05, 4.69) is 20.4 Å². The van der Waals surface area contributed by atoms with Crippen LogP contribution in [-0.2, 0) is 43.9 Å². The maximum atomic E-state index is 13.2. The number of amides is 1. The van der Waals surface area contributed by atoms with E-state index in [1.807, 2.05) is 37.2 Å². The number of ether oxygens (including phenoxy) is 3. The third-order valence-electron chi connectivity index (χ3n) is 6.98. The van der Waals surface area contributed by atoms with Crippen LogP contribution in [0.1, 0.15) is 52.8 Å². The number of carbonyl (C=O) groups is 2. The fourth-order valence-electron chi connectivity index (χ4n) is 4.91. The Hall–Kier alpha value is -4.69. The minimum atomic E-state index is -3.78. The molecule has 1 atom stereocenters. The summed E-state index contributed by atoms with van der Waals surface area (Å²) in [7, 11) is 0.0537. The lowest BCUT2D eigenvalue weighted by molar-refractivity contribution is -0.157. The second kappa shape index (κ2) is 15.2. The minimum Gasteiger partial charge on any atom is -0.487 e. The quantitative estimate of drug-likeness (QED) is 0.186. The van der Waals surface area contributed by atoms with Crippen molar-refractivity contribution in [2.45, 2.75) is 83.3 Å². The Morgan fingerprint density at radius 3 is 2.20 bits per heavy atom. The number of alkyl carbamates (subject to hydrolysis) is 1. The summed E-state index contributed by atoms with van der Waals surface area (Å²) >= 11 is 0. The summed E-state index contributed by atoms with van der Waals surface area (Å²) in [6, 6.07) is 17.0. The average Bonchev–Trinajstić information content (AvgIpc) is 3.45. The van der Waals surface area contributed by atoms with E-state index in [0.717, 1.165) is 16.6 Å². The molecular weight excluding hydrogens is 648 g/mol. The maximum absolute atomic E-state index is 13.2. The van der Waals surface area contributed by atoms with Crippen LogP contribution in [0.2, 0.25) is 0 Å². The van der Waals surface area contributed by atoms with Gasteiger partial charge in [-0.1, -0.05) is 41.6 Å². The highest BCUT2D eigenvalue weighted by Gasteiger charge is 2.29. The Balaban J connectivity index is 1.31. The highest BCUT2D eigenvalue weighted by Crippen LogP contribution is 2.30. The molecule has 0 spiro atoms. The maximum Gasteiger partial charge on any atom is 0.408 e. The van der Waals surface area contributed by atoms with Crippen molar-refractivity contribution in [2.75, 3.05) is 25.5 Å². The number of nitrogens with one attached hydrogen (secondary N) is 2. The minimum absolute atomic E-state index is 0.115. The van der Waals surface area contributed by atoms with Crippen LogP contribution >= 0.6 is 0 Å². The van der Waals surface area contributed by atoms with Gasteiger partial charge in [-0.3, -0.25) is 4.68 Å². The molecule has 0 bridgehead atoms. The average molecular weight is 695 g/mol. The number of benzene rings is 3. The molecule has 0 fully saturated rings. The van der Waals surface area contributed by atoms with Crippen LogP contribution < -0.4 is 19.7 Å². The van der Waals surface area contributed by atoms with Crippen molar-refractivity contribution in [1.82, 2.24) is 25.0 Å². The number of aromatic nitrogens is 3. The van der Waals surface area contributed by atoms with E-state index in [0.29, 0.717) is 16.8 Å². The van der Waals surface area contributed by atoms with Gasteiger partial charge in [0.05, 0.1) is 17.6 Å². The number of nitrogens with zero attached hydrogens (tertiary/aromatic N) is 4. The van der Waals surface area contributed by atoms with Crippen molar-refractivity contribution < 1.29 is 32.2 Å². The van der Waals surface area contributed by atoms with Crippen LogP contribution in [-0.4, -0.2) is 73.4 Å². The molecule has 0 saturated heterocycles. The largest absolute Gasteiger partial charge is 0.487 e. The summed E-state index contributed by atoms with van der Waals surface area (Å²) in [6.45, 7) is 11.0. The van der Waals surface area contributed by atoms with Gasteiger partial charge in [-0.15, -0.1) is 5.10 Å². The van der Waals surface area contributed by atoms with Crippen LogP contribution in [0.4, 0.5) is 10.5 Å². The van der Waals surface area contributed by atoms with Gasteiger partial charge in [-0.05, 0) is 71.4 Å². The van der Waals surface area contributed by atoms with Crippen LogP contribution in [0, 0.1) is 0 Å². The Morgan fingerprint density at radius 2 is 1.55 bits per heavy atom. The number of hydrogen-bond donors (Lipinski definition) is 2. The van der Waals surface area contributed by atoms with Crippen LogP contribution in [0.15, 0.2) is 71.8 Å². The van der Waals surface area contributed by atoms with Crippen LogP contribution in [0.5, 0.6) is 5.75 Å². The first-order valence-electron chi connectivity index (χ1n) is 15.9. The van der Waals surface area contributed by atoms with Crippen molar-refractivity contribution >= 4 is 38.5 Å². The van der Waals surface area contributed by atoms with Crippen molar-refractivity contribution in [3.63, 3.8) is 0 Å². The third kappa shape index (κ3) is 10.9. The van der Waals surface area contributed by atoms with Crippen molar-refractivity contribution in [1.29, 1.82) is 0 Å². The number of carbonyl (C=O) groups excluding carboxylic acids is 2. The van der Waals surface area contributed by atoms with Crippen molar-refractivity contribution in [2.24, 2.45) is 0 Å². The first kappa shape index (κ1) is 37.1. The van der Waals surface area contributed by atoms with E-state index in [9.17, 15) is 18.0 Å². The van der Waals surface area contributed by atoms with Gasteiger partial charge in [0.2, 0.25) is 10.0 Å². The molecule has 4 rings (SSSR count). The second-order valence-corrected chi connectivity index (χ2v) is 15.5. The van der Waals surface area contributed by atoms with Crippen molar-refractivity contribution in [3.8, 4) is 5.75 Å². The van der Waals surface area contributed by atoms with Crippen molar-refractivity contribution in [3.05, 3.63) is 78.1 Å². The van der Waals surface area contributed by atoms with Gasteiger partial charge in [0.25, 0.3) is 0 Å². The Bertz CT molecular complexity index is 1860. The highest BCUT2D eigenvalue weighted by molar-refractivity contribution is 7.89. The predicted molar refractivity (Wildman–Crippen MR) is 187 cm³/mol. The lowest BCUT2D eigenvalue weighted by Gasteiger charge is -2.26. The highest BCUT2D eigenvalue weighted by atomic mass is 32.2. The van der Waals surface area contributed by atoms with E-state index >= 15 is 0 Å². The molecule has 14 heteroatoms. The van der Waals surface area contributed by atoms with E-state index in [4.69, 9.17) is 14.2 Å². The number of rotatable bonds is 13. The molecule has 0 aliphatic rings. The summed E-state index contributed by atoms with van der Waals surface area (Å²) < 4.78 is 47.4. The van der Waals surface area contributed by atoms with Crippen LogP contribution in [0.3, 0.4) is 0 Å². The molecule has 13 nitrogen and oxygen atoms in total. The van der Waals surface area contributed by atoms with Gasteiger partial charge in [-0.25, -0.2) is 22.7 Å². The molecular formula is C35H46N6O7S. The Labute approximate surface area is 288 Å². The molecule has 1 amide bonds. The lowest BCUT2D eigenvalue weighted by Crippen LogP contribution is -2.47. The van der Waals surface area contributed by atoms with E-state index in [1.54, 1.807) is 94.9 Å². The first-order chi connectivity index (χ1) is 22.9. The molecule has 0 saturated carbocycles. The van der Waals surface area contributed by atoms with Gasteiger partial charge >= 0.3 is 12.1 Å². The normalized spacial score (nSPS) is 12.7. The molecule has 1 unspecified atom stereocenters. The summed E-state index contributed by atoms with van der Waals surface area (Å²) in [6.07, 6.45) is 1.17. The van der Waals surface area contributed by atoms with E-state index in [1.165, 1.54) is 0 Å². The number of esters is 1. The molecule has 264 valence electrons. The fraction of sp³-hybridized carbons (Fsp3) is 0.429. The molecule has 0 aliphatic carbocycles. The monoisotopic (exact) mass is 694 g/mol. The summed E-state index contributed by atoms with van der Waals surface area (Å²) in [4.78, 5) is 27.5. The standard InChI is InChI=1S/C35H46N6O7S/c1-34(2,3)47-32(42)29(37-33(43)48-35(4,5)6)21-24-15-17-26(18-16-24)46-23-25-22-41(39-38-25)20-19-36-49(44,45)31-14-10-11-27-28(31)12-9-13-30(27)40(7)8/h9-18,22,29,36H,19-21,23H2,1-8H3,(H,37,43). The molecule has 1 aromatic heterocycles. The van der Waals surface area contributed by atoms with E-state index in [-0.39, 0.29) is 31.0 Å². The second-order valence-electron chi connectivity index (χ2n) is 13.8. The van der Waals surface area contributed by atoms with Gasteiger partial charge in [0.15, 0.2) is 0 Å². The zero-order chi connectivity index (χ0) is 36.0. The number of anilines is 1. The van der Waals surface area contributed by atoms with Gasteiger partial charge < -0.3 is 24.4 Å².